The molecule has 1 fully saturated rings. The minimum absolute atomic E-state index is 0.625. The summed E-state index contributed by atoms with van der Waals surface area (Å²) in [6, 6.07) is 7.76. The molecule has 3 aliphatic heterocycles. The van der Waals surface area contributed by atoms with Crippen molar-refractivity contribution in [2.24, 2.45) is 0 Å². The maximum atomic E-state index is 5.81. The van der Waals surface area contributed by atoms with Crippen molar-refractivity contribution in [2.45, 2.75) is 37.8 Å². The Bertz CT molecular complexity index is 552. The molecule has 0 spiro atoms. The van der Waals surface area contributed by atoms with Gasteiger partial charge in [-0.25, -0.2) is 0 Å². The number of fused-ring (bicyclic) bond motifs is 3. The summed E-state index contributed by atoms with van der Waals surface area (Å²) in [5.41, 5.74) is 2.78. The minimum Gasteiger partial charge on any atom is -0.490 e. The zero-order valence-electron chi connectivity index (χ0n) is 12.0. The highest BCUT2D eigenvalue weighted by atomic mass is 16.5. The van der Waals surface area contributed by atoms with Crippen LogP contribution in [0.3, 0.4) is 0 Å². The number of likely N-dealkylation sites (N-methyl/N-ethyl adjacent to an activating group) is 1. The summed E-state index contributed by atoms with van der Waals surface area (Å²) >= 11 is 0. The second kappa shape index (κ2) is 4.81. The van der Waals surface area contributed by atoms with E-state index in [9.17, 15) is 0 Å². The Balaban J connectivity index is 1.66. The van der Waals surface area contributed by atoms with Gasteiger partial charge in [-0.05, 0) is 49.6 Å². The van der Waals surface area contributed by atoms with E-state index in [1.54, 1.807) is 0 Å². The van der Waals surface area contributed by atoms with Gasteiger partial charge in [0.05, 0.1) is 13.2 Å². The molecular weight excluding hydrogens is 250 g/mol. The Morgan fingerprint density at radius 2 is 1.95 bits per heavy atom. The highest BCUT2D eigenvalue weighted by Crippen LogP contribution is 2.40. The van der Waals surface area contributed by atoms with Crippen LogP contribution in [0, 0.1) is 0 Å². The van der Waals surface area contributed by atoms with Gasteiger partial charge >= 0.3 is 0 Å². The summed E-state index contributed by atoms with van der Waals surface area (Å²) in [4.78, 5) is 2.52. The Hall–Kier alpha value is -1.48. The lowest BCUT2D eigenvalue weighted by atomic mass is 9.95. The van der Waals surface area contributed by atoms with Gasteiger partial charge in [0.1, 0.15) is 0 Å². The van der Waals surface area contributed by atoms with Crippen LogP contribution in [0.5, 0.6) is 11.5 Å². The molecule has 3 nitrogen and oxygen atoms in total. The number of hydrogen-bond acceptors (Lipinski definition) is 3. The van der Waals surface area contributed by atoms with E-state index in [0.29, 0.717) is 6.04 Å². The van der Waals surface area contributed by atoms with Crippen LogP contribution < -0.4 is 9.47 Å². The smallest absolute Gasteiger partial charge is 0.161 e. The highest BCUT2D eigenvalue weighted by molar-refractivity contribution is 5.70. The zero-order chi connectivity index (χ0) is 13.5. The van der Waals surface area contributed by atoms with Crippen molar-refractivity contribution in [3.05, 3.63) is 29.8 Å². The normalized spacial score (nSPS) is 28.9. The van der Waals surface area contributed by atoms with Crippen LogP contribution in [-0.2, 0) is 0 Å². The van der Waals surface area contributed by atoms with Gasteiger partial charge in [-0.15, -0.1) is 0 Å². The molecule has 2 bridgehead atoms. The van der Waals surface area contributed by atoms with E-state index in [4.69, 9.17) is 9.47 Å². The van der Waals surface area contributed by atoms with Gasteiger partial charge in [0, 0.05) is 18.5 Å². The Labute approximate surface area is 120 Å². The van der Waals surface area contributed by atoms with Crippen molar-refractivity contribution in [3.8, 4) is 11.5 Å². The van der Waals surface area contributed by atoms with E-state index in [2.05, 4.69) is 36.2 Å². The van der Waals surface area contributed by atoms with Crippen LogP contribution in [0.4, 0.5) is 0 Å². The molecule has 1 aromatic rings. The largest absolute Gasteiger partial charge is 0.490 e. The lowest BCUT2D eigenvalue weighted by molar-refractivity contribution is 0.264. The van der Waals surface area contributed by atoms with Crippen molar-refractivity contribution < 1.29 is 9.47 Å². The van der Waals surface area contributed by atoms with E-state index in [1.807, 2.05) is 0 Å². The highest BCUT2D eigenvalue weighted by Gasteiger charge is 2.34. The molecule has 3 aliphatic rings. The number of benzene rings is 1. The SMILES string of the molecule is CN1C2C=C(c3ccc4c(c3)OCCCO4)CC1CC2. The van der Waals surface area contributed by atoms with Crippen LogP contribution in [-0.4, -0.2) is 37.2 Å². The number of hydrogen-bond donors (Lipinski definition) is 0. The fourth-order valence-electron chi connectivity index (χ4n) is 3.62. The standard InChI is InChI=1S/C17H21NO2/c1-18-14-4-5-15(18)10-13(9-14)12-3-6-16-17(11-12)20-8-2-7-19-16/h3,6,9,11,14-15H,2,4-5,7-8,10H2,1H3. The van der Waals surface area contributed by atoms with Crippen LogP contribution in [0.1, 0.15) is 31.2 Å². The molecule has 0 radical (unpaired) electrons. The molecule has 1 saturated heterocycles. The van der Waals surface area contributed by atoms with Gasteiger partial charge in [0.15, 0.2) is 11.5 Å². The Morgan fingerprint density at radius 1 is 1.10 bits per heavy atom. The van der Waals surface area contributed by atoms with Crippen LogP contribution in [0.25, 0.3) is 5.57 Å². The maximum absolute atomic E-state index is 5.81. The topological polar surface area (TPSA) is 21.7 Å². The summed E-state index contributed by atoms with van der Waals surface area (Å²) in [5.74, 6) is 1.80. The fourth-order valence-corrected chi connectivity index (χ4v) is 3.62. The van der Waals surface area contributed by atoms with Crippen LogP contribution >= 0.6 is 0 Å². The van der Waals surface area contributed by atoms with Crippen molar-refractivity contribution in [3.63, 3.8) is 0 Å². The molecule has 1 aromatic carbocycles. The molecule has 3 heteroatoms. The van der Waals surface area contributed by atoms with Gasteiger partial charge in [0.2, 0.25) is 0 Å². The molecule has 0 amide bonds. The molecule has 0 aromatic heterocycles. The first-order chi connectivity index (χ1) is 9.81. The van der Waals surface area contributed by atoms with Gasteiger partial charge in [0.25, 0.3) is 0 Å². The van der Waals surface area contributed by atoms with Gasteiger partial charge < -0.3 is 9.47 Å². The quantitative estimate of drug-likeness (QED) is 0.783. The average Bonchev–Trinajstić information content (AvgIpc) is 2.70. The van der Waals surface area contributed by atoms with Crippen molar-refractivity contribution in [1.82, 2.24) is 4.90 Å². The second-order valence-electron chi connectivity index (χ2n) is 6.07. The third kappa shape index (κ3) is 2.01. The Kier molecular flexibility index (Phi) is 2.95. The van der Waals surface area contributed by atoms with E-state index < -0.39 is 0 Å². The van der Waals surface area contributed by atoms with Crippen molar-refractivity contribution in [1.29, 1.82) is 0 Å². The van der Waals surface area contributed by atoms with Gasteiger partial charge in [-0.3, -0.25) is 4.90 Å². The summed E-state index contributed by atoms with van der Waals surface area (Å²) in [7, 11) is 2.25. The number of rotatable bonds is 1. The summed E-state index contributed by atoms with van der Waals surface area (Å²) in [5, 5.41) is 0. The van der Waals surface area contributed by atoms with Crippen LogP contribution in [0.15, 0.2) is 24.3 Å². The molecule has 0 saturated carbocycles. The monoisotopic (exact) mass is 271 g/mol. The lowest BCUT2D eigenvalue weighted by Gasteiger charge is -2.30. The third-order valence-electron chi connectivity index (χ3n) is 4.86. The van der Waals surface area contributed by atoms with Gasteiger partial charge in [-0.1, -0.05) is 12.1 Å². The fraction of sp³-hybridized carbons (Fsp3) is 0.529. The van der Waals surface area contributed by atoms with E-state index >= 15 is 0 Å². The molecule has 0 aliphatic carbocycles. The molecule has 106 valence electrons. The molecule has 2 atom stereocenters. The summed E-state index contributed by atoms with van der Waals surface area (Å²) < 4.78 is 11.5. The molecule has 2 unspecified atom stereocenters. The predicted molar refractivity (Wildman–Crippen MR) is 79.2 cm³/mol. The van der Waals surface area contributed by atoms with Crippen molar-refractivity contribution >= 4 is 5.57 Å². The molecule has 4 rings (SSSR count). The predicted octanol–water partition coefficient (Wildman–Crippen LogP) is 3.10. The van der Waals surface area contributed by atoms with Crippen LogP contribution in [0.2, 0.25) is 0 Å². The minimum atomic E-state index is 0.625. The lowest BCUT2D eigenvalue weighted by Crippen LogP contribution is -2.34. The first-order valence-corrected chi connectivity index (χ1v) is 7.64. The average molecular weight is 271 g/mol. The van der Waals surface area contributed by atoms with E-state index in [1.165, 1.54) is 24.0 Å². The summed E-state index contributed by atoms with van der Waals surface area (Å²) in [6.45, 7) is 1.51. The maximum Gasteiger partial charge on any atom is 0.161 e. The molecule has 20 heavy (non-hydrogen) atoms. The zero-order valence-corrected chi connectivity index (χ0v) is 12.0. The first-order valence-electron chi connectivity index (χ1n) is 7.64. The molecular formula is C17H21NO2. The number of nitrogens with zero attached hydrogens (tertiary/aromatic N) is 1. The third-order valence-corrected chi connectivity index (χ3v) is 4.86. The Morgan fingerprint density at radius 3 is 2.80 bits per heavy atom. The van der Waals surface area contributed by atoms with Crippen molar-refractivity contribution in [2.75, 3.05) is 20.3 Å². The summed E-state index contributed by atoms with van der Waals surface area (Å²) in [6.07, 6.45) is 7.19. The molecule has 3 heterocycles. The molecule has 0 N–H and O–H groups in total. The first kappa shape index (κ1) is 12.3. The van der Waals surface area contributed by atoms with E-state index in [0.717, 1.165) is 43.6 Å². The number of ether oxygens (including phenoxy) is 2. The van der Waals surface area contributed by atoms with Gasteiger partial charge in [-0.2, -0.15) is 0 Å². The second-order valence-corrected chi connectivity index (χ2v) is 6.07. The van der Waals surface area contributed by atoms with E-state index in [-0.39, 0.29) is 0 Å².